The molecule has 1 saturated heterocycles. The number of nitriles is 1. The molecule has 0 bridgehead atoms. The molecule has 24 heavy (non-hydrogen) atoms. The molecular formula is C19H19N3O2. The maximum absolute atomic E-state index is 12.6. The molecule has 5 heteroatoms. The highest BCUT2D eigenvalue weighted by Gasteiger charge is 2.23. The van der Waals surface area contributed by atoms with Gasteiger partial charge < -0.3 is 15.3 Å². The first-order chi connectivity index (χ1) is 11.7. The summed E-state index contributed by atoms with van der Waals surface area (Å²) in [6.07, 6.45) is 1.16. The number of carbonyl (C=O) groups excluding carboxylic acids is 1. The van der Waals surface area contributed by atoms with Gasteiger partial charge in [0.1, 0.15) is 0 Å². The number of anilines is 2. The van der Waals surface area contributed by atoms with E-state index in [9.17, 15) is 9.90 Å². The van der Waals surface area contributed by atoms with E-state index in [0.717, 1.165) is 24.2 Å². The first-order valence-electron chi connectivity index (χ1n) is 8.00. The van der Waals surface area contributed by atoms with Crippen molar-refractivity contribution < 1.29 is 9.90 Å². The van der Waals surface area contributed by atoms with Gasteiger partial charge >= 0.3 is 0 Å². The minimum absolute atomic E-state index is 0.0581. The monoisotopic (exact) mass is 321 g/mol. The average Bonchev–Trinajstić information content (AvgIpc) is 2.62. The van der Waals surface area contributed by atoms with E-state index in [2.05, 4.69) is 11.4 Å². The summed E-state index contributed by atoms with van der Waals surface area (Å²) in [7, 11) is 0. The van der Waals surface area contributed by atoms with Crippen LogP contribution in [0.25, 0.3) is 0 Å². The molecule has 1 unspecified atom stereocenters. The van der Waals surface area contributed by atoms with Crippen LogP contribution in [0.15, 0.2) is 48.5 Å². The largest absolute Gasteiger partial charge is 0.391 e. The number of amides is 1. The second kappa shape index (κ2) is 7.16. The molecule has 0 aromatic heterocycles. The van der Waals surface area contributed by atoms with Gasteiger partial charge in [0.2, 0.25) is 0 Å². The Morgan fingerprint density at radius 3 is 2.71 bits per heavy atom. The van der Waals surface area contributed by atoms with E-state index in [1.807, 2.05) is 30.3 Å². The Bertz CT molecular complexity index is 765. The molecule has 0 saturated carbocycles. The number of aliphatic hydroxyl groups is 1. The predicted molar refractivity (Wildman–Crippen MR) is 92.0 cm³/mol. The van der Waals surface area contributed by atoms with E-state index in [1.165, 1.54) is 0 Å². The van der Waals surface area contributed by atoms with Gasteiger partial charge in [0, 0.05) is 30.0 Å². The number of nitrogens with one attached hydrogen (secondary N) is 1. The van der Waals surface area contributed by atoms with E-state index >= 15 is 0 Å². The molecule has 1 aliphatic rings. The van der Waals surface area contributed by atoms with E-state index < -0.39 is 6.10 Å². The lowest BCUT2D eigenvalue weighted by atomic mass is 10.1. The van der Waals surface area contributed by atoms with Crippen molar-refractivity contribution in [3.05, 3.63) is 59.7 Å². The molecule has 1 atom stereocenters. The molecule has 1 aliphatic heterocycles. The van der Waals surface area contributed by atoms with Crippen molar-refractivity contribution >= 4 is 17.3 Å². The van der Waals surface area contributed by atoms with Crippen LogP contribution < -0.4 is 5.32 Å². The molecule has 0 aliphatic carbocycles. The van der Waals surface area contributed by atoms with E-state index in [4.69, 9.17) is 5.26 Å². The number of hydrogen-bond acceptors (Lipinski definition) is 4. The van der Waals surface area contributed by atoms with E-state index in [1.54, 1.807) is 23.1 Å². The fourth-order valence-corrected chi connectivity index (χ4v) is 2.85. The standard InChI is InChI=1S/C19H19N3O2/c20-12-14-6-8-16(9-7-14)21-17-4-1-3-15(11-17)19(24)22-10-2-5-18(23)13-22/h1,3-4,6-9,11,18,21,23H,2,5,10,13H2. The summed E-state index contributed by atoms with van der Waals surface area (Å²) in [5, 5.41) is 21.8. The Morgan fingerprint density at radius 2 is 2.00 bits per heavy atom. The van der Waals surface area contributed by atoms with Gasteiger partial charge in [-0.15, -0.1) is 0 Å². The van der Waals surface area contributed by atoms with Gasteiger partial charge in [0.25, 0.3) is 5.91 Å². The third kappa shape index (κ3) is 3.73. The van der Waals surface area contributed by atoms with Gasteiger partial charge in [-0.2, -0.15) is 5.26 Å². The number of piperidine rings is 1. The smallest absolute Gasteiger partial charge is 0.254 e. The van der Waals surface area contributed by atoms with Gasteiger partial charge in [-0.05, 0) is 55.3 Å². The number of hydrogen-bond donors (Lipinski definition) is 2. The van der Waals surface area contributed by atoms with Gasteiger partial charge in [-0.3, -0.25) is 4.79 Å². The minimum atomic E-state index is -0.428. The number of benzene rings is 2. The van der Waals surface area contributed by atoms with Crippen LogP contribution in [0.5, 0.6) is 0 Å². The number of nitrogens with zero attached hydrogens (tertiary/aromatic N) is 2. The second-order valence-corrected chi connectivity index (χ2v) is 5.94. The average molecular weight is 321 g/mol. The summed E-state index contributed by atoms with van der Waals surface area (Å²) < 4.78 is 0. The number of likely N-dealkylation sites (tertiary alicyclic amines) is 1. The number of β-amino-alcohol motifs (C(OH)–C–C–N with tert-alkyl or cyclic N) is 1. The maximum Gasteiger partial charge on any atom is 0.254 e. The summed E-state index contributed by atoms with van der Waals surface area (Å²) in [5.74, 6) is -0.0581. The zero-order chi connectivity index (χ0) is 16.9. The first kappa shape index (κ1) is 16.0. The highest BCUT2D eigenvalue weighted by molar-refractivity contribution is 5.95. The Hall–Kier alpha value is -2.84. The van der Waals surface area contributed by atoms with Crippen LogP contribution in [-0.2, 0) is 0 Å². The van der Waals surface area contributed by atoms with Crippen LogP contribution in [0.1, 0.15) is 28.8 Å². The zero-order valence-corrected chi connectivity index (χ0v) is 13.3. The Balaban J connectivity index is 1.73. The number of carbonyl (C=O) groups is 1. The van der Waals surface area contributed by atoms with Crippen LogP contribution in [0.4, 0.5) is 11.4 Å². The van der Waals surface area contributed by atoms with Gasteiger partial charge in [-0.25, -0.2) is 0 Å². The molecule has 2 N–H and O–H groups in total. The maximum atomic E-state index is 12.6. The molecule has 2 aromatic carbocycles. The van der Waals surface area contributed by atoms with Crippen LogP contribution in [0.3, 0.4) is 0 Å². The van der Waals surface area contributed by atoms with Crippen molar-refractivity contribution in [3.8, 4) is 6.07 Å². The normalized spacial score (nSPS) is 17.2. The molecule has 5 nitrogen and oxygen atoms in total. The topological polar surface area (TPSA) is 76.4 Å². The fraction of sp³-hybridized carbons (Fsp3) is 0.263. The third-order valence-corrected chi connectivity index (χ3v) is 4.10. The Kier molecular flexibility index (Phi) is 4.78. The Morgan fingerprint density at radius 1 is 1.21 bits per heavy atom. The predicted octanol–water partition coefficient (Wildman–Crippen LogP) is 2.90. The number of aliphatic hydroxyl groups excluding tert-OH is 1. The van der Waals surface area contributed by atoms with Crippen LogP contribution in [0.2, 0.25) is 0 Å². The minimum Gasteiger partial charge on any atom is -0.391 e. The highest BCUT2D eigenvalue weighted by atomic mass is 16.3. The van der Waals surface area contributed by atoms with Crippen LogP contribution in [0, 0.1) is 11.3 Å². The summed E-state index contributed by atoms with van der Waals surface area (Å²) in [6, 6.07) is 16.5. The second-order valence-electron chi connectivity index (χ2n) is 5.94. The van der Waals surface area contributed by atoms with Crippen molar-refractivity contribution in [3.63, 3.8) is 0 Å². The first-order valence-corrected chi connectivity index (χ1v) is 8.00. The lowest BCUT2D eigenvalue weighted by Gasteiger charge is -2.30. The molecule has 2 aromatic rings. The van der Waals surface area contributed by atoms with E-state index in [-0.39, 0.29) is 5.91 Å². The van der Waals surface area contributed by atoms with Crippen LogP contribution >= 0.6 is 0 Å². The molecule has 3 rings (SSSR count). The quantitative estimate of drug-likeness (QED) is 0.911. The zero-order valence-electron chi connectivity index (χ0n) is 13.3. The van der Waals surface area contributed by atoms with Crippen LogP contribution in [-0.4, -0.2) is 35.1 Å². The molecule has 0 radical (unpaired) electrons. The van der Waals surface area contributed by atoms with Crippen molar-refractivity contribution in [1.29, 1.82) is 5.26 Å². The molecule has 1 heterocycles. The van der Waals surface area contributed by atoms with Crippen molar-refractivity contribution in [2.75, 3.05) is 18.4 Å². The molecule has 0 spiro atoms. The lowest BCUT2D eigenvalue weighted by Crippen LogP contribution is -2.42. The summed E-state index contributed by atoms with van der Waals surface area (Å²) in [4.78, 5) is 14.3. The molecule has 1 fully saturated rings. The van der Waals surface area contributed by atoms with E-state index in [0.29, 0.717) is 24.2 Å². The van der Waals surface area contributed by atoms with Gasteiger partial charge in [0.05, 0.1) is 17.7 Å². The summed E-state index contributed by atoms with van der Waals surface area (Å²) in [5.41, 5.74) is 2.87. The number of rotatable bonds is 3. The van der Waals surface area contributed by atoms with Gasteiger partial charge in [-0.1, -0.05) is 6.07 Å². The van der Waals surface area contributed by atoms with Crippen molar-refractivity contribution in [1.82, 2.24) is 4.90 Å². The van der Waals surface area contributed by atoms with Gasteiger partial charge in [0.15, 0.2) is 0 Å². The third-order valence-electron chi connectivity index (χ3n) is 4.10. The van der Waals surface area contributed by atoms with Crippen molar-refractivity contribution in [2.24, 2.45) is 0 Å². The molecular weight excluding hydrogens is 302 g/mol. The summed E-state index contributed by atoms with van der Waals surface area (Å²) in [6.45, 7) is 1.08. The lowest BCUT2D eigenvalue weighted by molar-refractivity contribution is 0.0474. The SMILES string of the molecule is N#Cc1ccc(Nc2cccc(C(=O)N3CCCC(O)C3)c2)cc1. The highest BCUT2D eigenvalue weighted by Crippen LogP contribution is 2.20. The molecule has 122 valence electrons. The molecule has 1 amide bonds. The van der Waals surface area contributed by atoms with Crippen molar-refractivity contribution in [2.45, 2.75) is 18.9 Å². The summed E-state index contributed by atoms with van der Waals surface area (Å²) >= 11 is 0. The Labute approximate surface area is 141 Å². The fourth-order valence-electron chi connectivity index (χ4n) is 2.85.